The van der Waals surface area contributed by atoms with Crippen LogP contribution in [0.4, 0.5) is 4.39 Å². The third kappa shape index (κ3) is 2.51. The van der Waals surface area contributed by atoms with Gasteiger partial charge in [-0.2, -0.15) is 9.36 Å². The largest absolute Gasteiger partial charge is 0.391 e. The number of hydrogen-bond donors (Lipinski definition) is 0. The van der Waals surface area contributed by atoms with E-state index < -0.39 is 11.5 Å². The van der Waals surface area contributed by atoms with E-state index in [0.29, 0.717) is 0 Å². The lowest BCUT2D eigenvalue weighted by Gasteiger charge is -2.07. The molecular formula is C11H12FN5O2. The van der Waals surface area contributed by atoms with Crippen LogP contribution in [0.1, 0.15) is 12.5 Å². The third-order valence-electron chi connectivity index (χ3n) is 2.43. The van der Waals surface area contributed by atoms with Gasteiger partial charge in [0.25, 0.3) is 0 Å². The number of tetrazole rings is 1. The molecule has 19 heavy (non-hydrogen) atoms. The summed E-state index contributed by atoms with van der Waals surface area (Å²) in [6.07, 6.45) is 1.44. The second-order valence-corrected chi connectivity index (χ2v) is 3.67. The van der Waals surface area contributed by atoms with E-state index in [-0.39, 0.29) is 17.9 Å². The number of rotatable bonds is 4. The SMILES string of the molecule is CC=NOCc1c(F)cccc1-n1nnn(C)c1=O. The Morgan fingerprint density at radius 2 is 2.26 bits per heavy atom. The van der Waals surface area contributed by atoms with Crippen molar-refractivity contribution in [1.29, 1.82) is 0 Å². The van der Waals surface area contributed by atoms with Crippen LogP contribution in [0.3, 0.4) is 0 Å². The highest BCUT2D eigenvalue weighted by molar-refractivity contribution is 5.52. The first-order valence-corrected chi connectivity index (χ1v) is 5.52. The van der Waals surface area contributed by atoms with Gasteiger partial charge in [0.1, 0.15) is 12.4 Å². The highest BCUT2D eigenvalue weighted by Gasteiger charge is 2.14. The number of benzene rings is 1. The van der Waals surface area contributed by atoms with Crippen LogP contribution in [-0.4, -0.2) is 26.0 Å². The van der Waals surface area contributed by atoms with E-state index in [2.05, 4.69) is 15.6 Å². The van der Waals surface area contributed by atoms with Gasteiger partial charge in [-0.1, -0.05) is 11.2 Å². The molecule has 0 spiro atoms. The zero-order valence-corrected chi connectivity index (χ0v) is 10.4. The highest BCUT2D eigenvalue weighted by Crippen LogP contribution is 2.17. The molecule has 2 aromatic rings. The normalized spacial score (nSPS) is 11.1. The summed E-state index contributed by atoms with van der Waals surface area (Å²) in [5.74, 6) is -0.499. The van der Waals surface area contributed by atoms with Gasteiger partial charge in [-0.05, 0) is 29.5 Å². The van der Waals surface area contributed by atoms with E-state index in [1.54, 1.807) is 13.0 Å². The summed E-state index contributed by atoms with van der Waals surface area (Å²) in [6.45, 7) is 1.57. The van der Waals surface area contributed by atoms with Crippen molar-refractivity contribution in [3.8, 4) is 5.69 Å². The van der Waals surface area contributed by atoms with Crippen LogP contribution in [0.2, 0.25) is 0 Å². The molecule has 0 aliphatic carbocycles. The van der Waals surface area contributed by atoms with Crippen molar-refractivity contribution in [3.05, 3.63) is 40.1 Å². The van der Waals surface area contributed by atoms with E-state index in [1.165, 1.54) is 25.4 Å². The van der Waals surface area contributed by atoms with Crippen molar-refractivity contribution < 1.29 is 9.23 Å². The van der Waals surface area contributed by atoms with Crippen LogP contribution >= 0.6 is 0 Å². The Morgan fingerprint density at radius 1 is 1.47 bits per heavy atom. The summed E-state index contributed by atoms with van der Waals surface area (Å²) in [4.78, 5) is 16.7. The van der Waals surface area contributed by atoms with Gasteiger partial charge in [-0.15, -0.1) is 0 Å². The van der Waals surface area contributed by atoms with Crippen molar-refractivity contribution >= 4 is 6.21 Å². The van der Waals surface area contributed by atoms with Crippen LogP contribution in [0, 0.1) is 5.82 Å². The molecule has 0 saturated carbocycles. The molecule has 1 aromatic carbocycles. The molecule has 0 fully saturated rings. The Labute approximate surface area is 107 Å². The first kappa shape index (κ1) is 12.9. The Bertz CT molecular complexity index is 661. The Hall–Kier alpha value is -2.51. The molecule has 0 bridgehead atoms. The highest BCUT2D eigenvalue weighted by atomic mass is 19.1. The summed E-state index contributed by atoms with van der Waals surface area (Å²) in [5.41, 5.74) is 0.00551. The van der Waals surface area contributed by atoms with E-state index in [1.807, 2.05) is 0 Å². The fourth-order valence-corrected chi connectivity index (χ4v) is 1.53. The predicted molar refractivity (Wildman–Crippen MR) is 65.5 cm³/mol. The van der Waals surface area contributed by atoms with Crippen LogP contribution in [0.25, 0.3) is 5.69 Å². The molecule has 0 radical (unpaired) electrons. The standard InChI is InChI=1S/C11H12FN5O2/c1-3-13-19-7-8-9(12)5-4-6-10(8)17-11(18)16(2)14-15-17/h3-6H,7H2,1-2H3. The lowest BCUT2D eigenvalue weighted by Crippen LogP contribution is -2.23. The molecule has 0 amide bonds. The van der Waals surface area contributed by atoms with Gasteiger partial charge in [0.15, 0.2) is 0 Å². The van der Waals surface area contributed by atoms with Crippen LogP contribution in [-0.2, 0) is 18.5 Å². The summed E-state index contributed by atoms with van der Waals surface area (Å²) < 4.78 is 15.9. The quantitative estimate of drug-likeness (QED) is 0.600. The Morgan fingerprint density at radius 3 is 2.89 bits per heavy atom. The lowest BCUT2D eigenvalue weighted by atomic mass is 10.2. The molecule has 0 atom stereocenters. The Kier molecular flexibility index (Phi) is 3.69. The van der Waals surface area contributed by atoms with Crippen LogP contribution in [0.5, 0.6) is 0 Å². The monoisotopic (exact) mass is 265 g/mol. The van der Waals surface area contributed by atoms with Gasteiger partial charge in [0.05, 0.1) is 11.3 Å². The molecule has 100 valence electrons. The number of aryl methyl sites for hydroxylation is 1. The fraction of sp³-hybridized carbons (Fsp3) is 0.273. The second-order valence-electron chi connectivity index (χ2n) is 3.67. The third-order valence-corrected chi connectivity index (χ3v) is 2.43. The summed E-state index contributed by atoms with van der Waals surface area (Å²) >= 11 is 0. The van der Waals surface area contributed by atoms with Gasteiger partial charge in [0, 0.05) is 13.3 Å². The van der Waals surface area contributed by atoms with E-state index >= 15 is 0 Å². The number of halogens is 1. The lowest BCUT2D eigenvalue weighted by molar-refractivity contribution is 0.129. The zero-order chi connectivity index (χ0) is 13.8. The van der Waals surface area contributed by atoms with Crippen LogP contribution < -0.4 is 5.69 Å². The molecule has 1 aromatic heterocycles. The molecule has 0 aliphatic heterocycles. The molecule has 1 heterocycles. The van der Waals surface area contributed by atoms with Gasteiger partial charge in [-0.25, -0.2) is 9.18 Å². The van der Waals surface area contributed by atoms with Crippen molar-refractivity contribution in [2.24, 2.45) is 12.2 Å². The predicted octanol–water partition coefficient (Wildman–Crippen LogP) is 0.627. The van der Waals surface area contributed by atoms with E-state index in [0.717, 1.165) is 9.36 Å². The fourth-order valence-electron chi connectivity index (χ4n) is 1.53. The average Bonchev–Trinajstić information content (AvgIpc) is 2.72. The van der Waals surface area contributed by atoms with E-state index in [4.69, 9.17) is 4.84 Å². The maximum atomic E-state index is 13.8. The molecular weight excluding hydrogens is 253 g/mol. The molecule has 8 heteroatoms. The van der Waals surface area contributed by atoms with Crippen molar-refractivity contribution in [3.63, 3.8) is 0 Å². The Balaban J connectivity index is 2.48. The van der Waals surface area contributed by atoms with Gasteiger partial charge >= 0.3 is 5.69 Å². The molecule has 0 N–H and O–H groups in total. The van der Waals surface area contributed by atoms with Crippen molar-refractivity contribution in [1.82, 2.24) is 19.8 Å². The first-order valence-electron chi connectivity index (χ1n) is 5.52. The molecule has 0 aliphatic rings. The molecule has 2 rings (SSSR count). The maximum Gasteiger partial charge on any atom is 0.368 e. The number of aromatic nitrogens is 4. The van der Waals surface area contributed by atoms with E-state index in [9.17, 15) is 9.18 Å². The molecule has 0 unspecified atom stereocenters. The minimum Gasteiger partial charge on any atom is -0.391 e. The van der Waals surface area contributed by atoms with Crippen molar-refractivity contribution in [2.45, 2.75) is 13.5 Å². The second kappa shape index (κ2) is 5.42. The maximum absolute atomic E-state index is 13.8. The first-order chi connectivity index (χ1) is 9.15. The summed E-state index contributed by atoms with van der Waals surface area (Å²) in [7, 11) is 1.46. The number of hydrogen-bond acceptors (Lipinski definition) is 5. The molecule has 7 nitrogen and oxygen atoms in total. The van der Waals surface area contributed by atoms with Gasteiger partial charge < -0.3 is 4.84 Å². The minimum absolute atomic E-state index is 0.102. The molecule has 0 saturated heterocycles. The van der Waals surface area contributed by atoms with Crippen LogP contribution in [0.15, 0.2) is 28.1 Å². The van der Waals surface area contributed by atoms with Gasteiger partial charge in [-0.3, -0.25) is 0 Å². The van der Waals surface area contributed by atoms with Crippen molar-refractivity contribution in [2.75, 3.05) is 0 Å². The average molecular weight is 265 g/mol. The topological polar surface area (TPSA) is 74.3 Å². The zero-order valence-electron chi connectivity index (χ0n) is 10.4. The summed E-state index contributed by atoms with van der Waals surface area (Å²) in [5, 5.41) is 10.8. The number of nitrogens with zero attached hydrogens (tertiary/aromatic N) is 5. The minimum atomic E-state index is -0.499. The smallest absolute Gasteiger partial charge is 0.368 e. The van der Waals surface area contributed by atoms with Gasteiger partial charge in [0.2, 0.25) is 0 Å². The number of oxime groups is 1. The summed E-state index contributed by atoms with van der Waals surface area (Å²) in [6, 6.07) is 4.32.